The smallest absolute Gasteiger partial charge is 0.412 e. The molecule has 0 saturated carbocycles. The van der Waals surface area contributed by atoms with Crippen LogP contribution in [0.2, 0.25) is 17.7 Å². The molecule has 0 aromatic carbocycles. The van der Waals surface area contributed by atoms with E-state index in [9.17, 15) is 0 Å². The average Bonchev–Trinajstić information content (AvgIpc) is 2.33. The van der Waals surface area contributed by atoms with E-state index in [2.05, 4.69) is 27.7 Å². The fourth-order valence-corrected chi connectivity index (χ4v) is 9.11. The van der Waals surface area contributed by atoms with E-state index >= 15 is 0 Å². The van der Waals surface area contributed by atoms with E-state index in [1.165, 1.54) is 43.4 Å². The van der Waals surface area contributed by atoms with Crippen LogP contribution in [-0.4, -0.2) is 42.7 Å². The first-order valence-corrected chi connectivity index (χ1v) is 21.9. The Labute approximate surface area is 130 Å². The van der Waals surface area contributed by atoms with Crippen molar-refractivity contribution in [3.05, 3.63) is 0 Å². The molecular weight excluding hydrogens is 468 g/mol. The summed E-state index contributed by atoms with van der Waals surface area (Å²) in [7, 11) is 12.1. The molecule has 0 spiro atoms. The van der Waals surface area contributed by atoms with Gasteiger partial charge < -0.3 is 5.48 Å². The van der Waals surface area contributed by atoms with Gasteiger partial charge in [0.05, 0.1) is 0 Å². The van der Waals surface area contributed by atoms with Crippen molar-refractivity contribution in [1.29, 1.82) is 0 Å². The SMILES string of the molecule is CCC[CH2][Sn]([Cl])[CH2]C.CCC[CH2][Sn]([Cl])[CH2]C.O. The summed E-state index contributed by atoms with van der Waals surface area (Å²) in [5, 5.41) is 0. The quantitative estimate of drug-likeness (QED) is 0.410. The fraction of sp³-hybridized carbons (Fsp3) is 1.00. The van der Waals surface area contributed by atoms with Crippen LogP contribution < -0.4 is 0 Å². The molecule has 17 heavy (non-hydrogen) atoms. The van der Waals surface area contributed by atoms with Gasteiger partial charge >= 0.3 is 126 Å². The molecule has 0 saturated heterocycles. The first-order chi connectivity index (χ1) is 7.62. The van der Waals surface area contributed by atoms with E-state index in [4.69, 9.17) is 17.8 Å². The van der Waals surface area contributed by atoms with Gasteiger partial charge in [-0.2, -0.15) is 0 Å². The van der Waals surface area contributed by atoms with Crippen molar-refractivity contribution in [3.63, 3.8) is 0 Å². The molecule has 0 aliphatic rings. The van der Waals surface area contributed by atoms with Gasteiger partial charge in [0, 0.05) is 0 Å². The van der Waals surface area contributed by atoms with E-state index in [1.54, 1.807) is 0 Å². The fourth-order valence-electron chi connectivity index (χ4n) is 1.09. The third-order valence-corrected chi connectivity index (χ3v) is 18.0. The van der Waals surface area contributed by atoms with Gasteiger partial charge in [0.25, 0.3) is 0 Å². The van der Waals surface area contributed by atoms with E-state index < -0.39 is 37.3 Å². The maximum Gasteiger partial charge on any atom is -0.412 e. The van der Waals surface area contributed by atoms with Crippen molar-refractivity contribution in [2.45, 2.75) is 71.1 Å². The van der Waals surface area contributed by atoms with Crippen molar-refractivity contribution in [2.24, 2.45) is 0 Å². The molecule has 2 N–H and O–H groups in total. The maximum absolute atomic E-state index is 6.04. The molecule has 0 bridgehead atoms. The Balaban J connectivity index is -0.000000218. The summed E-state index contributed by atoms with van der Waals surface area (Å²) in [4.78, 5) is 0. The molecule has 0 heterocycles. The Morgan fingerprint density at radius 1 is 0.706 bits per heavy atom. The van der Waals surface area contributed by atoms with Crippen LogP contribution in [0.5, 0.6) is 0 Å². The van der Waals surface area contributed by atoms with E-state index in [0.717, 1.165) is 0 Å². The zero-order chi connectivity index (χ0) is 12.8. The first-order valence-electron chi connectivity index (χ1n) is 6.62. The predicted molar refractivity (Wildman–Crippen MR) is 87.2 cm³/mol. The molecule has 0 aromatic rings. The number of hydrogen-bond acceptors (Lipinski definition) is 0. The van der Waals surface area contributed by atoms with Crippen LogP contribution in [0, 0.1) is 0 Å². The van der Waals surface area contributed by atoms with E-state index in [0.29, 0.717) is 0 Å². The van der Waals surface area contributed by atoms with E-state index in [-0.39, 0.29) is 5.48 Å². The number of unbranched alkanes of at least 4 members (excludes halogenated alkanes) is 2. The minimum absolute atomic E-state index is 0. The summed E-state index contributed by atoms with van der Waals surface area (Å²) < 4.78 is 5.39. The molecule has 0 rings (SSSR count). The van der Waals surface area contributed by atoms with Crippen LogP contribution >= 0.6 is 17.8 Å². The topological polar surface area (TPSA) is 31.5 Å². The van der Waals surface area contributed by atoms with Gasteiger partial charge in [0.2, 0.25) is 0 Å². The predicted octanol–water partition coefficient (Wildman–Crippen LogP) is 5.25. The van der Waals surface area contributed by atoms with Crippen LogP contribution in [-0.2, 0) is 0 Å². The second-order valence-corrected chi connectivity index (χ2v) is 23.9. The standard InChI is InChI=1S/2C4H9.2C2H5.2ClH.H2O.2Sn/c2*1-3-4-2;2*1-2;;;;;/h2*1,3-4H2,2H3;2*1H2,2H3;2*1H;1H2;;/q;;;;;;;2*+1/p-2. The second-order valence-electron chi connectivity index (χ2n) is 3.95. The zero-order valence-electron chi connectivity index (χ0n) is 11.9. The molecule has 0 atom stereocenters. The van der Waals surface area contributed by atoms with Crippen molar-refractivity contribution >= 4 is 55.1 Å². The summed E-state index contributed by atoms with van der Waals surface area (Å²) >= 11 is -2.41. The van der Waals surface area contributed by atoms with Gasteiger partial charge in [-0.1, -0.05) is 0 Å². The molecule has 5 heteroatoms. The van der Waals surface area contributed by atoms with Crippen molar-refractivity contribution < 1.29 is 5.48 Å². The van der Waals surface area contributed by atoms with Crippen LogP contribution in [0.4, 0.5) is 0 Å². The molecule has 0 amide bonds. The summed E-state index contributed by atoms with van der Waals surface area (Å²) in [6.07, 6.45) is 5.37. The third kappa shape index (κ3) is 23.6. The zero-order valence-corrected chi connectivity index (χ0v) is 19.1. The van der Waals surface area contributed by atoms with Crippen molar-refractivity contribution in [1.82, 2.24) is 0 Å². The summed E-state index contributed by atoms with van der Waals surface area (Å²) in [5.41, 5.74) is 0. The van der Waals surface area contributed by atoms with Crippen molar-refractivity contribution in [2.75, 3.05) is 0 Å². The van der Waals surface area contributed by atoms with Gasteiger partial charge in [0.15, 0.2) is 0 Å². The molecule has 0 fully saturated rings. The molecule has 1 nitrogen and oxygen atoms in total. The Hall–Kier alpha value is 2.14. The minimum atomic E-state index is -1.21. The number of rotatable bonds is 8. The van der Waals surface area contributed by atoms with Gasteiger partial charge in [-0.05, 0) is 0 Å². The van der Waals surface area contributed by atoms with Gasteiger partial charge in [-0.3, -0.25) is 0 Å². The molecule has 106 valence electrons. The third-order valence-electron chi connectivity index (χ3n) is 2.37. The van der Waals surface area contributed by atoms with Crippen LogP contribution in [0.1, 0.15) is 53.4 Å². The summed E-state index contributed by atoms with van der Waals surface area (Å²) in [6, 6.07) is 0. The molecular formula is C12H30Cl2OSn2. The van der Waals surface area contributed by atoms with Gasteiger partial charge in [0.1, 0.15) is 0 Å². The van der Waals surface area contributed by atoms with Crippen LogP contribution in [0.15, 0.2) is 0 Å². The van der Waals surface area contributed by atoms with Crippen LogP contribution in [0.25, 0.3) is 0 Å². The largest absolute Gasteiger partial charge is 0.412 e. The summed E-state index contributed by atoms with van der Waals surface area (Å²) in [5.74, 6) is 0. The average molecular weight is 499 g/mol. The Bertz CT molecular complexity index is 115. The Kier molecular flexibility index (Phi) is 29.1. The molecule has 2 radical (unpaired) electrons. The minimum Gasteiger partial charge on any atom is -0.412 e. The normalized spacial score (nSPS) is 9.88. The molecule has 0 aromatic heterocycles. The number of halogens is 2. The summed E-state index contributed by atoms with van der Waals surface area (Å²) in [6.45, 7) is 8.89. The first kappa shape index (κ1) is 24.2. The number of hydrogen-bond donors (Lipinski definition) is 0. The van der Waals surface area contributed by atoms with E-state index in [1.807, 2.05) is 0 Å². The Morgan fingerprint density at radius 3 is 1.18 bits per heavy atom. The Morgan fingerprint density at radius 2 is 1.00 bits per heavy atom. The second kappa shape index (κ2) is 20.5. The molecule has 0 unspecified atom stereocenters. The maximum atomic E-state index is 6.04. The monoisotopic (exact) mass is 500 g/mol. The van der Waals surface area contributed by atoms with Gasteiger partial charge in [-0.25, -0.2) is 0 Å². The molecule has 0 aliphatic carbocycles. The molecule has 0 aliphatic heterocycles. The van der Waals surface area contributed by atoms with Gasteiger partial charge in [-0.15, -0.1) is 0 Å². The van der Waals surface area contributed by atoms with Crippen molar-refractivity contribution in [3.8, 4) is 0 Å². The van der Waals surface area contributed by atoms with Crippen LogP contribution in [0.3, 0.4) is 0 Å².